The molecule has 152 valence electrons. The average molecular weight is 439 g/mol. The number of nitrogens with two attached hydrogens (primary N) is 1. The topological polar surface area (TPSA) is 63.8 Å². The zero-order chi connectivity index (χ0) is 21.0. The Balaban J connectivity index is 1.71. The Morgan fingerprint density at radius 1 is 1.10 bits per heavy atom. The van der Waals surface area contributed by atoms with Crippen LogP contribution >= 0.6 is 23.4 Å². The SMILES string of the molecule is CSc1ccc(C(N)CNc2cc(-c3ccc(C(F)(F)F)c(Cl)c3)ncn2)cc1. The van der Waals surface area contributed by atoms with Gasteiger partial charge in [0.15, 0.2) is 0 Å². The molecule has 0 amide bonds. The highest BCUT2D eigenvalue weighted by Crippen LogP contribution is 2.36. The van der Waals surface area contributed by atoms with E-state index in [0.29, 0.717) is 23.6 Å². The molecular formula is C20H18ClF3N4S. The van der Waals surface area contributed by atoms with Crippen LogP contribution in [0.4, 0.5) is 19.0 Å². The van der Waals surface area contributed by atoms with Crippen molar-refractivity contribution in [1.29, 1.82) is 0 Å². The van der Waals surface area contributed by atoms with Crippen LogP contribution in [0, 0.1) is 0 Å². The Kier molecular flexibility index (Phi) is 6.66. The maximum Gasteiger partial charge on any atom is 0.417 e. The van der Waals surface area contributed by atoms with Crippen LogP contribution in [-0.4, -0.2) is 22.8 Å². The summed E-state index contributed by atoms with van der Waals surface area (Å²) >= 11 is 7.46. The van der Waals surface area contributed by atoms with E-state index in [1.807, 2.05) is 30.5 Å². The van der Waals surface area contributed by atoms with Gasteiger partial charge < -0.3 is 11.1 Å². The molecule has 4 nitrogen and oxygen atoms in total. The molecule has 3 aromatic rings. The first-order chi connectivity index (χ1) is 13.8. The van der Waals surface area contributed by atoms with E-state index in [-0.39, 0.29) is 11.1 Å². The quantitative estimate of drug-likeness (QED) is 0.487. The molecule has 0 aliphatic rings. The molecule has 1 atom stereocenters. The van der Waals surface area contributed by atoms with Crippen LogP contribution in [0.2, 0.25) is 5.02 Å². The van der Waals surface area contributed by atoms with E-state index >= 15 is 0 Å². The summed E-state index contributed by atoms with van der Waals surface area (Å²) in [5, 5.41) is 2.76. The largest absolute Gasteiger partial charge is 0.417 e. The van der Waals surface area contributed by atoms with Gasteiger partial charge in [0.05, 0.1) is 16.3 Å². The van der Waals surface area contributed by atoms with Gasteiger partial charge in [-0.3, -0.25) is 0 Å². The fourth-order valence-electron chi connectivity index (χ4n) is 2.70. The number of thioether (sulfide) groups is 1. The second-order valence-corrected chi connectivity index (χ2v) is 7.53. The second-order valence-electron chi connectivity index (χ2n) is 6.24. The van der Waals surface area contributed by atoms with Gasteiger partial charge >= 0.3 is 6.18 Å². The third kappa shape index (κ3) is 5.41. The number of anilines is 1. The van der Waals surface area contributed by atoms with Crippen LogP contribution in [0.3, 0.4) is 0 Å². The predicted octanol–water partition coefficient (Wildman–Crippen LogP) is 5.65. The predicted molar refractivity (Wildman–Crippen MR) is 111 cm³/mol. The standard InChI is InChI=1S/C20H18ClF3N4S/c1-29-14-5-2-12(3-6-14)17(25)10-26-19-9-18(27-11-28-19)13-4-7-15(16(21)8-13)20(22,23)24/h2-9,11,17H,10,25H2,1H3,(H,26,27,28). The van der Waals surface area contributed by atoms with Gasteiger partial charge in [-0.25, -0.2) is 9.97 Å². The van der Waals surface area contributed by atoms with Crippen molar-refractivity contribution in [3.63, 3.8) is 0 Å². The molecule has 0 spiro atoms. The lowest BCUT2D eigenvalue weighted by Gasteiger charge is -2.14. The molecule has 3 N–H and O–H groups in total. The molecule has 9 heteroatoms. The summed E-state index contributed by atoms with van der Waals surface area (Å²) in [4.78, 5) is 9.42. The zero-order valence-electron chi connectivity index (χ0n) is 15.4. The molecular weight excluding hydrogens is 421 g/mol. The number of hydrogen-bond donors (Lipinski definition) is 2. The van der Waals surface area contributed by atoms with Gasteiger partial charge in [0.25, 0.3) is 0 Å². The number of benzene rings is 2. The van der Waals surface area contributed by atoms with E-state index in [2.05, 4.69) is 15.3 Å². The van der Waals surface area contributed by atoms with Crippen LogP contribution in [0.5, 0.6) is 0 Å². The summed E-state index contributed by atoms with van der Waals surface area (Å²) in [6.45, 7) is 0.433. The number of aromatic nitrogens is 2. The first kappa shape index (κ1) is 21.4. The molecule has 1 aromatic heterocycles. The molecule has 0 saturated heterocycles. The minimum atomic E-state index is -4.50. The van der Waals surface area contributed by atoms with Crippen LogP contribution < -0.4 is 11.1 Å². The van der Waals surface area contributed by atoms with Crippen LogP contribution in [0.1, 0.15) is 17.2 Å². The van der Waals surface area contributed by atoms with Crippen molar-refractivity contribution in [2.45, 2.75) is 17.1 Å². The van der Waals surface area contributed by atoms with Crippen LogP contribution in [0.15, 0.2) is 59.8 Å². The Bertz CT molecular complexity index is 980. The van der Waals surface area contributed by atoms with Crippen LogP contribution in [-0.2, 0) is 6.18 Å². The molecule has 0 bridgehead atoms. The Labute approximate surface area is 175 Å². The van der Waals surface area contributed by atoms with E-state index < -0.39 is 11.7 Å². The summed E-state index contributed by atoms with van der Waals surface area (Å²) in [5.74, 6) is 0.516. The lowest BCUT2D eigenvalue weighted by molar-refractivity contribution is -0.137. The first-order valence-corrected chi connectivity index (χ1v) is 10.2. The molecule has 0 saturated carbocycles. The molecule has 2 aromatic carbocycles. The number of hydrogen-bond acceptors (Lipinski definition) is 5. The fraction of sp³-hybridized carbons (Fsp3) is 0.200. The van der Waals surface area contributed by atoms with Gasteiger partial charge in [-0.2, -0.15) is 13.2 Å². The Morgan fingerprint density at radius 3 is 2.45 bits per heavy atom. The van der Waals surface area contributed by atoms with Gasteiger partial charge in [-0.1, -0.05) is 29.8 Å². The highest BCUT2D eigenvalue weighted by atomic mass is 35.5. The molecule has 0 fully saturated rings. The smallest absolute Gasteiger partial charge is 0.368 e. The molecule has 0 aliphatic carbocycles. The summed E-state index contributed by atoms with van der Waals surface area (Å²) in [6.07, 6.45) is -1.16. The summed E-state index contributed by atoms with van der Waals surface area (Å²) < 4.78 is 38.6. The highest BCUT2D eigenvalue weighted by molar-refractivity contribution is 7.98. The normalized spacial score (nSPS) is 12.6. The molecule has 29 heavy (non-hydrogen) atoms. The van der Waals surface area contributed by atoms with Crippen molar-refractivity contribution in [2.75, 3.05) is 18.1 Å². The molecule has 0 aliphatic heterocycles. The third-order valence-corrected chi connectivity index (χ3v) is 5.34. The Morgan fingerprint density at radius 2 is 1.83 bits per heavy atom. The van der Waals surface area contributed by atoms with Crippen molar-refractivity contribution < 1.29 is 13.2 Å². The lowest BCUT2D eigenvalue weighted by Crippen LogP contribution is -2.21. The third-order valence-electron chi connectivity index (χ3n) is 4.28. The van der Waals surface area contributed by atoms with Crippen LogP contribution in [0.25, 0.3) is 11.3 Å². The molecule has 1 heterocycles. The first-order valence-electron chi connectivity index (χ1n) is 8.60. The minimum Gasteiger partial charge on any atom is -0.368 e. The zero-order valence-corrected chi connectivity index (χ0v) is 16.9. The van der Waals surface area contributed by atoms with Crippen molar-refractivity contribution in [1.82, 2.24) is 9.97 Å². The van der Waals surface area contributed by atoms with E-state index in [1.54, 1.807) is 17.8 Å². The number of alkyl halides is 3. The molecule has 1 unspecified atom stereocenters. The maximum atomic E-state index is 12.9. The Hall–Kier alpha value is -2.29. The maximum absolute atomic E-state index is 12.9. The summed E-state index contributed by atoms with van der Waals surface area (Å²) in [6, 6.07) is 12.9. The van der Waals surface area contributed by atoms with E-state index in [9.17, 15) is 13.2 Å². The number of rotatable bonds is 6. The molecule has 0 radical (unpaired) electrons. The van der Waals surface area contributed by atoms with Crippen molar-refractivity contribution >= 4 is 29.2 Å². The second kappa shape index (κ2) is 9.02. The summed E-state index contributed by atoms with van der Waals surface area (Å²) in [5.41, 5.74) is 7.25. The number of nitrogens with one attached hydrogen (secondary N) is 1. The van der Waals surface area contributed by atoms with Gasteiger partial charge in [0.1, 0.15) is 12.1 Å². The van der Waals surface area contributed by atoms with Gasteiger partial charge in [0, 0.05) is 29.1 Å². The highest BCUT2D eigenvalue weighted by Gasteiger charge is 2.33. The van der Waals surface area contributed by atoms with Crippen molar-refractivity contribution in [3.8, 4) is 11.3 Å². The van der Waals surface area contributed by atoms with Gasteiger partial charge in [-0.15, -0.1) is 11.8 Å². The monoisotopic (exact) mass is 438 g/mol. The average Bonchev–Trinajstić information content (AvgIpc) is 2.71. The van der Waals surface area contributed by atoms with Gasteiger partial charge in [0.2, 0.25) is 0 Å². The van der Waals surface area contributed by atoms with Gasteiger partial charge in [-0.05, 0) is 36.1 Å². The fourth-order valence-corrected chi connectivity index (χ4v) is 3.40. The van der Waals surface area contributed by atoms with Crippen molar-refractivity contribution in [3.05, 3.63) is 71.0 Å². The molecule has 3 rings (SSSR count). The number of nitrogens with zero attached hydrogens (tertiary/aromatic N) is 2. The van der Waals surface area contributed by atoms with E-state index in [0.717, 1.165) is 16.5 Å². The van der Waals surface area contributed by atoms with Crippen molar-refractivity contribution in [2.24, 2.45) is 5.73 Å². The lowest BCUT2D eigenvalue weighted by atomic mass is 10.1. The van der Waals surface area contributed by atoms with E-state index in [1.165, 1.54) is 18.5 Å². The number of halogens is 4. The minimum absolute atomic E-state index is 0.246. The summed E-state index contributed by atoms with van der Waals surface area (Å²) in [7, 11) is 0. The van der Waals surface area contributed by atoms with E-state index in [4.69, 9.17) is 17.3 Å².